The highest BCUT2D eigenvalue weighted by atomic mass is 127. The predicted molar refractivity (Wildman–Crippen MR) is 90.4 cm³/mol. The summed E-state index contributed by atoms with van der Waals surface area (Å²) in [5, 5.41) is 7.51. The van der Waals surface area contributed by atoms with Crippen LogP contribution >= 0.6 is 24.0 Å². The van der Waals surface area contributed by atoms with Gasteiger partial charge in [-0.2, -0.15) is 5.10 Å². The molecule has 0 aromatic carbocycles. The van der Waals surface area contributed by atoms with Gasteiger partial charge in [0.25, 0.3) is 0 Å². The third kappa shape index (κ3) is 4.93. The summed E-state index contributed by atoms with van der Waals surface area (Å²) in [6, 6.07) is 0. The summed E-state index contributed by atoms with van der Waals surface area (Å²) in [6.07, 6.45) is 5.01. The maximum atomic E-state index is 5.41. The molecule has 2 heterocycles. The number of aliphatic imine (C=N–C) groups is 1. The van der Waals surface area contributed by atoms with E-state index >= 15 is 0 Å². The van der Waals surface area contributed by atoms with Crippen molar-refractivity contribution in [3.8, 4) is 0 Å². The molecular formula is C13H24IN5O. The summed E-state index contributed by atoms with van der Waals surface area (Å²) in [6.45, 7) is 3.48. The molecule has 0 spiro atoms. The van der Waals surface area contributed by atoms with Crippen molar-refractivity contribution in [1.29, 1.82) is 0 Å². The number of rotatable bonds is 4. The molecule has 1 aliphatic rings. The number of hydrogen-bond donors (Lipinski definition) is 1. The van der Waals surface area contributed by atoms with Crippen molar-refractivity contribution in [2.45, 2.75) is 13.0 Å². The highest BCUT2D eigenvalue weighted by molar-refractivity contribution is 14.0. The van der Waals surface area contributed by atoms with E-state index in [2.05, 4.69) is 27.4 Å². The molecule has 1 atom stereocenters. The van der Waals surface area contributed by atoms with E-state index in [9.17, 15) is 0 Å². The molecule has 114 valence electrons. The Morgan fingerprint density at radius 2 is 2.45 bits per heavy atom. The minimum Gasteiger partial charge on any atom is -0.381 e. The molecule has 1 aromatic heterocycles. The number of hydrogen-bond acceptors (Lipinski definition) is 3. The Hall–Kier alpha value is -0.830. The molecule has 20 heavy (non-hydrogen) atoms. The predicted octanol–water partition coefficient (Wildman–Crippen LogP) is 1.08. The monoisotopic (exact) mass is 393 g/mol. The van der Waals surface area contributed by atoms with Gasteiger partial charge in [0.2, 0.25) is 0 Å². The second-order valence-corrected chi connectivity index (χ2v) is 5.03. The number of nitrogens with zero attached hydrogens (tertiary/aromatic N) is 4. The third-order valence-corrected chi connectivity index (χ3v) is 3.34. The van der Waals surface area contributed by atoms with E-state index in [0.717, 1.165) is 44.2 Å². The van der Waals surface area contributed by atoms with Gasteiger partial charge in [0.05, 0.1) is 12.8 Å². The van der Waals surface area contributed by atoms with Crippen molar-refractivity contribution < 1.29 is 4.74 Å². The summed E-state index contributed by atoms with van der Waals surface area (Å²) in [7, 11) is 5.80. The smallest absolute Gasteiger partial charge is 0.193 e. The van der Waals surface area contributed by atoms with Crippen LogP contribution in [0.2, 0.25) is 0 Å². The molecule has 7 heteroatoms. The zero-order valence-corrected chi connectivity index (χ0v) is 14.7. The molecule has 1 aromatic rings. The molecular weight excluding hydrogens is 369 g/mol. The summed E-state index contributed by atoms with van der Waals surface area (Å²) < 4.78 is 7.21. The average Bonchev–Trinajstić information content (AvgIpc) is 3.02. The van der Waals surface area contributed by atoms with Crippen LogP contribution in [0.5, 0.6) is 0 Å². The van der Waals surface area contributed by atoms with Crippen LogP contribution in [-0.2, 0) is 18.3 Å². The number of aryl methyl sites for hydroxylation is 1. The maximum Gasteiger partial charge on any atom is 0.193 e. The first-order chi connectivity index (χ1) is 9.19. The van der Waals surface area contributed by atoms with Gasteiger partial charge in [-0.1, -0.05) is 0 Å². The van der Waals surface area contributed by atoms with Gasteiger partial charge >= 0.3 is 0 Å². The fourth-order valence-electron chi connectivity index (χ4n) is 2.33. The number of guanidine groups is 1. The van der Waals surface area contributed by atoms with Gasteiger partial charge in [-0.25, -0.2) is 0 Å². The van der Waals surface area contributed by atoms with E-state index < -0.39 is 0 Å². The second kappa shape index (κ2) is 8.46. The van der Waals surface area contributed by atoms with Crippen molar-refractivity contribution in [3.63, 3.8) is 0 Å². The van der Waals surface area contributed by atoms with E-state index in [1.54, 1.807) is 4.68 Å². The van der Waals surface area contributed by atoms with Crippen LogP contribution in [0.4, 0.5) is 0 Å². The van der Waals surface area contributed by atoms with Gasteiger partial charge in [-0.05, 0) is 6.42 Å². The van der Waals surface area contributed by atoms with Crippen molar-refractivity contribution in [3.05, 3.63) is 18.0 Å². The SMILES string of the molecule is CN=C(NCc1cnn(C)c1)N(C)CC1CCOC1.I. The highest BCUT2D eigenvalue weighted by Crippen LogP contribution is 2.13. The molecule has 0 amide bonds. The number of nitrogens with one attached hydrogen (secondary N) is 1. The lowest BCUT2D eigenvalue weighted by molar-refractivity contribution is 0.181. The Labute approximate surface area is 137 Å². The summed E-state index contributed by atoms with van der Waals surface area (Å²) in [4.78, 5) is 6.48. The topological polar surface area (TPSA) is 54.7 Å². The Bertz CT molecular complexity index is 428. The van der Waals surface area contributed by atoms with Crippen molar-refractivity contribution in [2.24, 2.45) is 18.0 Å². The fraction of sp³-hybridized carbons (Fsp3) is 0.692. The molecule has 1 fully saturated rings. The van der Waals surface area contributed by atoms with E-state index in [-0.39, 0.29) is 24.0 Å². The summed E-state index contributed by atoms with van der Waals surface area (Å²) >= 11 is 0. The molecule has 6 nitrogen and oxygen atoms in total. The molecule has 1 unspecified atom stereocenters. The first-order valence-corrected chi connectivity index (χ1v) is 6.66. The van der Waals surface area contributed by atoms with Crippen LogP contribution in [0.15, 0.2) is 17.4 Å². The van der Waals surface area contributed by atoms with Gasteiger partial charge in [0.1, 0.15) is 0 Å². The largest absolute Gasteiger partial charge is 0.381 e. The lowest BCUT2D eigenvalue weighted by Crippen LogP contribution is -2.41. The molecule has 1 N–H and O–H groups in total. The summed E-state index contributed by atoms with van der Waals surface area (Å²) in [5.74, 6) is 1.53. The van der Waals surface area contributed by atoms with Gasteiger partial charge < -0.3 is 15.0 Å². The van der Waals surface area contributed by atoms with E-state index in [4.69, 9.17) is 4.74 Å². The summed E-state index contributed by atoms with van der Waals surface area (Å²) in [5.41, 5.74) is 1.15. The zero-order chi connectivity index (χ0) is 13.7. The second-order valence-electron chi connectivity index (χ2n) is 5.03. The first kappa shape index (κ1) is 17.2. The van der Waals surface area contributed by atoms with Crippen molar-refractivity contribution in [1.82, 2.24) is 20.0 Å². The van der Waals surface area contributed by atoms with E-state index in [0.29, 0.717) is 5.92 Å². The average molecular weight is 393 g/mol. The standard InChI is InChI=1S/C13H23N5O.HI/c1-14-13(15-6-12-7-16-18(3)9-12)17(2)8-11-4-5-19-10-11;/h7,9,11H,4-6,8,10H2,1-3H3,(H,14,15);1H. The lowest BCUT2D eigenvalue weighted by Gasteiger charge is -2.24. The normalized spacial score (nSPS) is 18.8. The zero-order valence-electron chi connectivity index (χ0n) is 12.4. The van der Waals surface area contributed by atoms with Gasteiger partial charge in [0.15, 0.2) is 5.96 Å². The highest BCUT2D eigenvalue weighted by Gasteiger charge is 2.18. The van der Waals surface area contributed by atoms with Crippen LogP contribution < -0.4 is 5.32 Å². The van der Waals surface area contributed by atoms with E-state index in [1.165, 1.54) is 0 Å². The Balaban J connectivity index is 0.00000200. The lowest BCUT2D eigenvalue weighted by atomic mass is 10.1. The van der Waals surface area contributed by atoms with Gasteiger partial charge in [0, 0.05) is 58.5 Å². The van der Waals surface area contributed by atoms with Gasteiger partial charge in [-0.3, -0.25) is 9.67 Å². The van der Waals surface area contributed by atoms with Crippen LogP contribution in [0.1, 0.15) is 12.0 Å². The third-order valence-electron chi connectivity index (χ3n) is 3.34. The molecule has 1 aliphatic heterocycles. The minimum atomic E-state index is 0. The molecule has 0 bridgehead atoms. The quantitative estimate of drug-likeness (QED) is 0.473. The van der Waals surface area contributed by atoms with Crippen molar-refractivity contribution in [2.75, 3.05) is 33.9 Å². The van der Waals surface area contributed by atoms with Crippen LogP contribution in [0, 0.1) is 5.92 Å². The van der Waals surface area contributed by atoms with Crippen molar-refractivity contribution >= 4 is 29.9 Å². The number of ether oxygens (including phenoxy) is 1. The van der Waals surface area contributed by atoms with Gasteiger partial charge in [-0.15, -0.1) is 24.0 Å². The van der Waals surface area contributed by atoms with Crippen LogP contribution in [-0.4, -0.2) is 54.5 Å². The molecule has 1 saturated heterocycles. The van der Waals surface area contributed by atoms with E-state index in [1.807, 2.05) is 26.5 Å². The maximum absolute atomic E-state index is 5.41. The molecule has 0 aliphatic carbocycles. The van der Waals surface area contributed by atoms with Crippen LogP contribution in [0.3, 0.4) is 0 Å². The molecule has 0 saturated carbocycles. The molecule has 2 rings (SSSR count). The van der Waals surface area contributed by atoms with Crippen LogP contribution in [0.25, 0.3) is 0 Å². The molecule has 0 radical (unpaired) electrons. The first-order valence-electron chi connectivity index (χ1n) is 6.66. The number of aromatic nitrogens is 2. The Morgan fingerprint density at radius 1 is 1.65 bits per heavy atom. The number of halogens is 1. The Morgan fingerprint density at radius 3 is 3.00 bits per heavy atom. The fourth-order valence-corrected chi connectivity index (χ4v) is 2.33. The Kier molecular flexibility index (Phi) is 7.28. The minimum absolute atomic E-state index is 0.